The highest BCUT2D eigenvalue weighted by molar-refractivity contribution is 5.93. The fourth-order valence-corrected chi connectivity index (χ4v) is 3.84. The first-order valence-corrected chi connectivity index (χ1v) is 9.30. The summed E-state index contributed by atoms with van der Waals surface area (Å²) >= 11 is 0. The number of hydrogen-bond acceptors (Lipinski definition) is 6. The van der Waals surface area contributed by atoms with Crippen LogP contribution in [0.4, 0.5) is 0 Å². The Morgan fingerprint density at radius 2 is 2.03 bits per heavy atom. The average molecular weight is 386 g/mol. The van der Waals surface area contributed by atoms with E-state index < -0.39 is 5.91 Å². The molecule has 1 amide bonds. The minimum Gasteiger partial charge on any atom is -0.288 e. The second-order valence-electron chi connectivity index (χ2n) is 7.22. The van der Waals surface area contributed by atoms with Gasteiger partial charge in [0.1, 0.15) is 17.8 Å². The van der Waals surface area contributed by atoms with Gasteiger partial charge in [0, 0.05) is 18.0 Å². The predicted molar refractivity (Wildman–Crippen MR) is 104 cm³/mol. The lowest BCUT2D eigenvalue weighted by molar-refractivity contribution is 0.0706. The molecule has 0 radical (unpaired) electrons. The summed E-state index contributed by atoms with van der Waals surface area (Å²) in [5.41, 5.74) is 6.08. The Morgan fingerprint density at radius 3 is 2.83 bits per heavy atom. The first-order chi connectivity index (χ1) is 14.1. The summed E-state index contributed by atoms with van der Waals surface area (Å²) in [6.07, 6.45) is 7.00. The second-order valence-corrected chi connectivity index (χ2v) is 7.22. The lowest BCUT2D eigenvalue weighted by Crippen LogP contribution is -2.20. The van der Waals surface area contributed by atoms with E-state index in [9.17, 15) is 4.79 Å². The van der Waals surface area contributed by atoms with Crippen LogP contribution in [0.3, 0.4) is 0 Å². The van der Waals surface area contributed by atoms with Crippen LogP contribution < -0.4 is 5.48 Å². The van der Waals surface area contributed by atoms with Crippen molar-refractivity contribution in [1.29, 1.82) is 0 Å². The Morgan fingerprint density at radius 1 is 1.17 bits per heavy atom. The van der Waals surface area contributed by atoms with Crippen molar-refractivity contribution in [1.82, 2.24) is 29.8 Å². The predicted octanol–water partition coefficient (Wildman–Crippen LogP) is 2.69. The fourth-order valence-electron chi connectivity index (χ4n) is 3.84. The summed E-state index contributed by atoms with van der Waals surface area (Å²) < 4.78 is 1.92. The molecule has 29 heavy (non-hydrogen) atoms. The number of aryl methyl sites for hydroxylation is 1. The van der Waals surface area contributed by atoms with Crippen LogP contribution in [0.5, 0.6) is 0 Å². The molecule has 1 fully saturated rings. The van der Waals surface area contributed by atoms with Gasteiger partial charge in [0.15, 0.2) is 0 Å². The maximum Gasteiger partial charge on any atom is 0.274 e. The van der Waals surface area contributed by atoms with Gasteiger partial charge in [-0.1, -0.05) is 12.1 Å². The second kappa shape index (κ2) is 6.46. The van der Waals surface area contributed by atoms with Gasteiger partial charge < -0.3 is 0 Å². The molecular formula is C21H18N6O2. The van der Waals surface area contributed by atoms with Crippen LogP contribution in [0.15, 0.2) is 55.1 Å². The highest BCUT2D eigenvalue weighted by Crippen LogP contribution is 2.52. The standard InChI is InChI=1S/C21H18N6O2/c1-13-18(27-12-22-9-6-17(27)24-13)16-5-10-23-20(25-16)21(7-8-21)15-4-2-3-14(11-15)19(28)26-29/h2-6,9-12,29H,7-8H2,1H3,(H,26,28). The van der Waals surface area contributed by atoms with Crippen molar-refractivity contribution in [3.8, 4) is 11.4 Å². The van der Waals surface area contributed by atoms with Crippen molar-refractivity contribution in [3.63, 3.8) is 0 Å². The van der Waals surface area contributed by atoms with Crippen LogP contribution in [-0.2, 0) is 5.41 Å². The number of rotatable bonds is 4. The van der Waals surface area contributed by atoms with Gasteiger partial charge in [0.2, 0.25) is 0 Å². The third-order valence-corrected chi connectivity index (χ3v) is 5.46. The van der Waals surface area contributed by atoms with Gasteiger partial charge in [0.25, 0.3) is 5.91 Å². The van der Waals surface area contributed by atoms with Gasteiger partial charge >= 0.3 is 0 Å². The summed E-state index contributed by atoms with van der Waals surface area (Å²) in [6.45, 7) is 1.95. The summed E-state index contributed by atoms with van der Waals surface area (Å²) in [5.74, 6) is 0.181. The number of hydroxylamine groups is 1. The van der Waals surface area contributed by atoms with E-state index in [0.717, 1.165) is 47.0 Å². The van der Waals surface area contributed by atoms with Crippen LogP contribution in [0, 0.1) is 6.92 Å². The monoisotopic (exact) mass is 386 g/mol. The minimum atomic E-state index is -0.536. The molecule has 0 atom stereocenters. The van der Waals surface area contributed by atoms with Crippen LogP contribution in [-0.4, -0.2) is 35.5 Å². The van der Waals surface area contributed by atoms with Crippen LogP contribution in [0.1, 0.15) is 40.3 Å². The molecule has 0 aliphatic heterocycles. The quantitative estimate of drug-likeness (QED) is 0.413. The number of imidazole rings is 1. The molecule has 1 saturated carbocycles. The number of nitrogens with zero attached hydrogens (tertiary/aromatic N) is 5. The Labute approximate surface area is 166 Å². The molecule has 144 valence electrons. The molecule has 0 spiro atoms. The maximum absolute atomic E-state index is 11.8. The molecule has 0 bridgehead atoms. The minimum absolute atomic E-state index is 0.325. The number of nitrogens with one attached hydrogen (secondary N) is 1. The maximum atomic E-state index is 11.8. The van der Waals surface area contributed by atoms with Gasteiger partial charge in [-0.15, -0.1) is 0 Å². The van der Waals surface area contributed by atoms with Crippen molar-refractivity contribution in [3.05, 3.63) is 77.8 Å². The number of fused-ring (bicyclic) bond motifs is 1. The Balaban J connectivity index is 1.60. The van der Waals surface area contributed by atoms with E-state index in [-0.39, 0.29) is 5.41 Å². The van der Waals surface area contributed by atoms with Crippen molar-refractivity contribution < 1.29 is 10.0 Å². The molecule has 1 aliphatic carbocycles. The van der Waals surface area contributed by atoms with E-state index in [1.54, 1.807) is 36.3 Å². The van der Waals surface area contributed by atoms with Crippen LogP contribution in [0.25, 0.3) is 17.0 Å². The largest absolute Gasteiger partial charge is 0.288 e. The molecule has 1 aliphatic rings. The Hall–Kier alpha value is -3.65. The van der Waals surface area contributed by atoms with Crippen LogP contribution in [0.2, 0.25) is 0 Å². The number of carbonyl (C=O) groups excluding carboxylic acids is 1. The normalized spacial score (nSPS) is 14.7. The van der Waals surface area contributed by atoms with Crippen molar-refractivity contribution in [2.75, 3.05) is 0 Å². The first kappa shape index (κ1) is 17.4. The van der Waals surface area contributed by atoms with Gasteiger partial charge in [-0.05, 0) is 49.6 Å². The molecule has 0 unspecified atom stereocenters. The summed E-state index contributed by atoms with van der Waals surface area (Å²) in [5, 5.41) is 8.93. The van der Waals surface area contributed by atoms with Gasteiger partial charge in [-0.3, -0.25) is 14.4 Å². The van der Waals surface area contributed by atoms with E-state index in [0.29, 0.717) is 5.56 Å². The molecule has 1 aromatic carbocycles. The zero-order valence-corrected chi connectivity index (χ0v) is 15.7. The lowest BCUT2D eigenvalue weighted by atomic mass is 9.93. The molecule has 8 nitrogen and oxygen atoms in total. The SMILES string of the molecule is Cc1nc2ccncn2c1-c1ccnc(C2(c3cccc(C(=O)NO)c3)CC2)n1. The lowest BCUT2D eigenvalue weighted by Gasteiger charge is -2.16. The molecule has 0 saturated heterocycles. The van der Waals surface area contributed by atoms with E-state index in [4.69, 9.17) is 10.2 Å². The third-order valence-electron chi connectivity index (χ3n) is 5.46. The smallest absolute Gasteiger partial charge is 0.274 e. The summed E-state index contributed by atoms with van der Waals surface area (Å²) in [4.78, 5) is 30.0. The zero-order valence-electron chi connectivity index (χ0n) is 15.7. The van der Waals surface area contributed by atoms with Crippen molar-refractivity contribution in [2.45, 2.75) is 25.2 Å². The van der Waals surface area contributed by atoms with E-state index in [1.165, 1.54) is 0 Å². The van der Waals surface area contributed by atoms with Crippen LogP contribution >= 0.6 is 0 Å². The number of aromatic nitrogens is 5. The summed E-state index contributed by atoms with van der Waals surface area (Å²) in [7, 11) is 0. The number of amides is 1. The Bertz CT molecular complexity index is 1240. The molecular weight excluding hydrogens is 368 g/mol. The van der Waals surface area contributed by atoms with E-state index >= 15 is 0 Å². The summed E-state index contributed by atoms with van der Waals surface area (Å²) in [6, 6.07) is 11.0. The molecule has 3 heterocycles. The highest BCUT2D eigenvalue weighted by atomic mass is 16.5. The molecule has 8 heteroatoms. The number of carbonyl (C=O) groups is 1. The van der Waals surface area contributed by atoms with E-state index in [1.807, 2.05) is 35.6 Å². The van der Waals surface area contributed by atoms with Crippen molar-refractivity contribution in [2.24, 2.45) is 0 Å². The zero-order chi connectivity index (χ0) is 20.0. The fraction of sp³-hybridized carbons (Fsp3) is 0.190. The van der Waals surface area contributed by atoms with E-state index in [2.05, 4.69) is 15.0 Å². The number of benzene rings is 1. The molecule has 3 aromatic heterocycles. The molecule has 2 N–H and O–H groups in total. The van der Waals surface area contributed by atoms with Gasteiger partial charge in [-0.25, -0.2) is 25.4 Å². The third kappa shape index (κ3) is 2.76. The number of hydrogen-bond donors (Lipinski definition) is 2. The first-order valence-electron chi connectivity index (χ1n) is 9.30. The molecule has 4 aromatic rings. The highest BCUT2D eigenvalue weighted by Gasteiger charge is 2.49. The van der Waals surface area contributed by atoms with Crippen molar-refractivity contribution >= 4 is 11.6 Å². The van der Waals surface area contributed by atoms with Gasteiger partial charge in [0.05, 0.1) is 22.5 Å². The average Bonchev–Trinajstić information content (AvgIpc) is 3.50. The topological polar surface area (TPSA) is 105 Å². The molecule has 5 rings (SSSR count). The Kier molecular flexibility index (Phi) is 3.88. The van der Waals surface area contributed by atoms with Gasteiger partial charge in [-0.2, -0.15) is 0 Å².